The molecule has 2 aromatic heterocycles. The molecular formula is C12H11ClN2O2. The summed E-state index contributed by atoms with van der Waals surface area (Å²) in [5.41, 5.74) is 2.24. The van der Waals surface area contributed by atoms with Crippen molar-refractivity contribution < 1.29 is 9.53 Å². The average molecular weight is 251 g/mol. The number of rotatable bonds is 2. The molecule has 2 aromatic rings. The number of fused-ring (bicyclic) bond motifs is 1. The Balaban J connectivity index is 2.15. The predicted octanol–water partition coefficient (Wildman–Crippen LogP) is 2.65. The molecule has 0 unspecified atom stereocenters. The highest BCUT2D eigenvalue weighted by Crippen LogP contribution is 2.43. The standard InChI is InChI=1S/C12H11ClN2O2/c1-17-12(16)8-4-5-15-9(6-8)14-11(13)10(15)7-2-3-7/h4-7H,2-3H2,1H3. The maximum absolute atomic E-state index is 11.4. The maximum Gasteiger partial charge on any atom is 0.338 e. The van der Waals surface area contributed by atoms with Crippen LogP contribution in [-0.4, -0.2) is 22.5 Å². The van der Waals surface area contributed by atoms with Crippen molar-refractivity contribution in [1.82, 2.24) is 9.38 Å². The summed E-state index contributed by atoms with van der Waals surface area (Å²) in [5, 5.41) is 0.537. The van der Waals surface area contributed by atoms with E-state index in [-0.39, 0.29) is 5.97 Å². The van der Waals surface area contributed by atoms with Crippen LogP contribution in [0.1, 0.15) is 34.8 Å². The van der Waals surface area contributed by atoms with E-state index in [2.05, 4.69) is 9.72 Å². The molecule has 0 aromatic carbocycles. The second kappa shape index (κ2) is 3.74. The molecule has 0 spiro atoms. The molecule has 1 aliphatic rings. The number of hydrogen-bond donors (Lipinski definition) is 0. The largest absolute Gasteiger partial charge is 0.465 e. The number of nitrogens with zero attached hydrogens (tertiary/aromatic N) is 2. The number of pyridine rings is 1. The van der Waals surface area contributed by atoms with Crippen LogP contribution in [0.25, 0.3) is 5.65 Å². The third kappa shape index (κ3) is 1.69. The molecule has 1 fully saturated rings. The van der Waals surface area contributed by atoms with Gasteiger partial charge in [0.1, 0.15) is 5.65 Å². The van der Waals surface area contributed by atoms with Gasteiger partial charge in [-0.05, 0) is 25.0 Å². The van der Waals surface area contributed by atoms with Gasteiger partial charge in [0.25, 0.3) is 0 Å². The van der Waals surface area contributed by atoms with Crippen molar-refractivity contribution >= 4 is 23.2 Å². The summed E-state index contributed by atoms with van der Waals surface area (Å²) >= 11 is 6.12. The van der Waals surface area contributed by atoms with Crippen molar-refractivity contribution in [2.75, 3.05) is 7.11 Å². The molecule has 4 nitrogen and oxygen atoms in total. The first kappa shape index (κ1) is 10.6. The van der Waals surface area contributed by atoms with E-state index >= 15 is 0 Å². The number of ether oxygens (including phenoxy) is 1. The van der Waals surface area contributed by atoms with Gasteiger partial charge in [-0.25, -0.2) is 9.78 Å². The molecule has 0 radical (unpaired) electrons. The zero-order chi connectivity index (χ0) is 12.0. The molecule has 0 N–H and O–H groups in total. The lowest BCUT2D eigenvalue weighted by Crippen LogP contribution is -2.02. The van der Waals surface area contributed by atoms with Gasteiger partial charge in [0.15, 0.2) is 5.15 Å². The van der Waals surface area contributed by atoms with Crippen LogP contribution >= 0.6 is 11.6 Å². The Labute approximate surface area is 103 Å². The van der Waals surface area contributed by atoms with E-state index in [1.54, 1.807) is 12.1 Å². The highest BCUT2D eigenvalue weighted by molar-refractivity contribution is 6.30. The molecule has 5 heteroatoms. The first-order valence-electron chi connectivity index (χ1n) is 5.46. The van der Waals surface area contributed by atoms with Crippen LogP contribution < -0.4 is 0 Å². The van der Waals surface area contributed by atoms with Crippen LogP contribution in [-0.2, 0) is 4.74 Å². The van der Waals surface area contributed by atoms with Crippen molar-refractivity contribution in [1.29, 1.82) is 0 Å². The van der Waals surface area contributed by atoms with Crippen LogP contribution in [0.4, 0.5) is 0 Å². The fourth-order valence-electron chi connectivity index (χ4n) is 2.00. The van der Waals surface area contributed by atoms with Gasteiger partial charge in [0, 0.05) is 12.1 Å². The SMILES string of the molecule is COC(=O)c1ccn2c(C3CC3)c(Cl)nc2c1. The Kier molecular flexibility index (Phi) is 2.33. The van der Waals surface area contributed by atoms with Crippen molar-refractivity contribution in [2.45, 2.75) is 18.8 Å². The second-order valence-corrected chi connectivity index (χ2v) is 4.56. The Morgan fingerprint density at radius 2 is 2.35 bits per heavy atom. The van der Waals surface area contributed by atoms with Gasteiger partial charge in [-0.2, -0.15) is 0 Å². The predicted molar refractivity (Wildman–Crippen MR) is 63.5 cm³/mol. The molecule has 0 amide bonds. The lowest BCUT2D eigenvalue weighted by Gasteiger charge is -2.02. The number of methoxy groups -OCH3 is 1. The van der Waals surface area contributed by atoms with E-state index in [0.717, 1.165) is 18.5 Å². The van der Waals surface area contributed by atoms with Crippen molar-refractivity contribution in [3.63, 3.8) is 0 Å². The second-order valence-electron chi connectivity index (χ2n) is 4.20. The lowest BCUT2D eigenvalue weighted by atomic mass is 10.2. The topological polar surface area (TPSA) is 43.6 Å². The van der Waals surface area contributed by atoms with Gasteiger partial charge in [0.2, 0.25) is 0 Å². The van der Waals surface area contributed by atoms with Crippen LogP contribution in [0.15, 0.2) is 18.3 Å². The summed E-state index contributed by atoms with van der Waals surface area (Å²) in [6.45, 7) is 0. The van der Waals surface area contributed by atoms with Crippen molar-refractivity contribution in [3.8, 4) is 0 Å². The number of esters is 1. The molecule has 0 bridgehead atoms. The number of carbonyl (C=O) groups is 1. The van der Waals surface area contributed by atoms with Crippen LogP contribution in [0.5, 0.6) is 0 Å². The number of aromatic nitrogens is 2. The minimum absolute atomic E-state index is 0.361. The van der Waals surface area contributed by atoms with Gasteiger partial charge in [-0.15, -0.1) is 0 Å². The molecule has 2 heterocycles. The molecule has 1 aliphatic carbocycles. The monoisotopic (exact) mass is 250 g/mol. The lowest BCUT2D eigenvalue weighted by molar-refractivity contribution is 0.0600. The van der Waals surface area contributed by atoms with E-state index in [1.807, 2.05) is 10.6 Å². The minimum Gasteiger partial charge on any atom is -0.465 e. The molecule has 0 aliphatic heterocycles. The summed E-state index contributed by atoms with van der Waals surface area (Å²) in [6, 6.07) is 3.42. The maximum atomic E-state index is 11.4. The molecule has 3 rings (SSSR count). The zero-order valence-electron chi connectivity index (χ0n) is 9.31. The molecule has 17 heavy (non-hydrogen) atoms. The molecule has 88 valence electrons. The summed E-state index contributed by atoms with van der Waals surface area (Å²) < 4.78 is 6.62. The van der Waals surface area contributed by atoms with Crippen molar-refractivity contribution in [3.05, 3.63) is 34.7 Å². The average Bonchev–Trinajstić information content (AvgIpc) is 3.10. The third-order valence-electron chi connectivity index (χ3n) is 3.00. The van der Waals surface area contributed by atoms with E-state index < -0.39 is 0 Å². The minimum atomic E-state index is -0.361. The highest BCUT2D eigenvalue weighted by Gasteiger charge is 2.30. The van der Waals surface area contributed by atoms with Gasteiger partial charge < -0.3 is 9.14 Å². The van der Waals surface area contributed by atoms with E-state index in [1.165, 1.54) is 7.11 Å². The first-order valence-corrected chi connectivity index (χ1v) is 5.84. The molecular weight excluding hydrogens is 240 g/mol. The van der Waals surface area contributed by atoms with Crippen LogP contribution in [0.2, 0.25) is 5.15 Å². The number of hydrogen-bond acceptors (Lipinski definition) is 3. The summed E-state index contributed by atoms with van der Waals surface area (Å²) in [6.07, 6.45) is 4.15. The van der Waals surface area contributed by atoms with Gasteiger partial charge in [-0.1, -0.05) is 11.6 Å². The van der Waals surface area contributed by atoms with E-state index in [0.29, 0.717) is 22.3 Å². The van der Waals surface area contributed by atoms with Gasteiger partial charge >= 0.3 is 5.97 Å². The first-order chi connectivity index (χ1) is 8.20. The zero-order valence-corrected chi connectivity index (χ0v) is 10.1. The Morgan fingerprint density at radius 3 is 3.00 bits per heavy atom. The Bertz CT molecular complexity index is 602. The van der Waals surface area contributed by atoms with Crippen LogP contribution in [0.3, 0.4) is 0 Å². The molecule has 0 atom stereocenters. The quantitative estimate of drug-likeness (QED) is 0.770. The third-order valence-corrected chi connectivity index (χ3v) is 3.28. The Hall–Kier alpha value is -1.55. The number of halogens is 1. The Morgan fingerprint density at radius 1 is 1.59 bits per heavy atom. The fourth-order valence-corrected chi connectivity index (χ4v) is 2.33. The van der Waals surface area contributed by atoms with Crippen LogP contribution in [0, 0.1) is 0 Å². The highest BCUT2D eigenvalue weighted by atomic mass is 35.5. The number of imidazole rings is 1. The summed E-state index contributed by atoms with van der Waals surface area (Å²) in [5.74, 6) is 0.154. The summed E-state index contributed by atoms with van der Waals surface area (Å²) in [4.78, 5) is 15.7. The smallest absolute Gasteiger partial charge is 0.338 e. The van der Waals surface area contributed by atoms with Gasteiger partial charge in [0.05, 0.1) is 18.4 Å². The number of carbonyl (C=O) groups excluding carboxylic acids is 1. The van der Waals surface area contributed by atoms with E-state index in [9.17, 15) is 4.79 Å². The summed E-state index contributed by atoms with van der Waals surface area (Å²) in [7, 11) is 1.36. The van der Waals surface area contributed by atoms with E-state index in [4.69, 9.17) is 11.6 Å². The fraction of sp³-hybridized carbons (Fsp3) is 0.333. The molecule has 1 saturated carbocycles. The molecule has 0 saturated heterocycles. The normalized spacial score (nSPS) is 15.2. The van der Waals surface area contributed by atoms with Crippen molar-refractivity contribution in [2.24, 2.45) is 0 Å². The van der Waals surface area contributed by atoms with Gasteiger partial charge in [-0.3, -0.25) is 0 Å².